The maximum Gasteiger partial charge on any atom is 0.151 e. The molecule has 1 saturated heterocycles. The highest BCUT2D eigenvalue weighted by Crippen LogP contribution is 2.14. The molecule has 1 fully saturated rings. The van der Waals surface area contributed by atoms with Crippen molar-refractivity contribution in [3.05, 3.63) is 23.0 Å². The fraction of sp³-hybridized carbons (Fsp3) is 0.600. The van der Waals surface area contributed by atoms with E-state index in [2.05, 4.69) is 15.1 Å². The van der Waals surface area contributed by atoms with Crippen LogP contribution in [0.15, 0.2) is 12.1 Å². The molecule has 1 aromatic heterocycles. The van der Waals surface area contributed by atoms with Crippen molar-refractivity contribution in [2.24, 2.45) is 0 Å². The largest absolute Gasteiger partial charge is 0.380 e. The summed E-state index contributed by atoms with van der Waals surface area (Å²) >= 11 is 5.67. The Hall–Kier alpha value is -0.710. The highest BCUT2D eigenvalue weighted by molar-refractivity contribution is 6.29. The van der Waals surface area contributed by atoms with Gasteiger partial charge in [-0.3, -0.25) is 4.90 Å². The normalized spacial score (nSPS) is 22.1. The summed E-state index contributed by atoms with van der Waals surface area (Å²) in [5, 5.41) is 8.29. The van der Waals surface area contributed by atoms with Gasteiger partial charge in [-0.2, -0.15) is 5.10 Å². The molecule has 1 atom stereocenters. The third-order valence-corrected chi connectivity index (χ3v) is 2.84. The number of likely N-dealkylation sites (tertiary alicyclic amines) is 1. The lowest BCUT2D eigenvalue weighted by Gasteiger charge is -2.14. The number of halogens is 1. The van der Waals surface area contributed by atoms with Gasteiger partial charge < -0.3 is 4.74 Å². The molecule has 1 aromatic rings. The van der Waals surface area contributed by atoms with Gasteiger partial charge in [0.25, 0.3) is 0 Å². The van der Waals surface area contributed by atoms with E-state index in [1.807, 2.05) is 6.07 Å². The van der Waals surface area contributed by atoms with Gasteiger partial charge in [-0.1, -0.05) is 11.6 Å². The first-order chi connectivity index (χ1) is 7.28. The van der Waals surface area contributed by atoms with Gasteiger partial charge in [0.2, 0.25) is 0 Å². The summed E-state index contributed by atoms with van der Waals surface area (Å²) in [7, 11) is 1.76. The van der Waals surface area contributed by atoms with E-state index in [0.717, 1.165) is 31.7 Å². The van der Waals surface area contributed by atoms with Crippen LogP contribution in [-0.4, -0.2) is 41.4 Å². The van der Waals surface area contributed by atoms with Gasteiger partial charge in [0.1, 0.15) is 0 Å². The Bertz CT molecular complexity index is 317. The van der Waals surface area contributed by atoms with Gasteiger partial charge in [0.05, 0.1) is 11.8 Å². The Morgan fingerprint density at radius 3 is 3.00 bits per heavy atom. The van der Waals surface area contributed by atoms with Crippen LogP contribution in [0.5, 0.6) is 0 Å². The third kappa shape index (κ3) is 2.87. The molecule has 0 radical (unpaired) electrons. The monoisotopic (exact) mass is 227 g/mol. The highest BCUT2D eigenvalue weighted by atomic mass is 35.5. The molecule has 0 amide bonds. The van der Waals surface area contributed by atoms with Crippen LogP contribution in [0.3, 0.4) is 0 Å². The van der Waals surface area contributed by atoms with Gasteiger partial charge in [-0.15, -0.1) is 5.10 Å². The number of methoxy groups -OCH3 is 1. The average Bonchev–Trinajstić information content (AvgIpc) is 2.69. The molecule has 1 aliphatic heterocycles. The minimum absolute atomic E-state index is 0.366. The molecular formula is C10H14ClN3O. The van der Waals surface area contributed by atoms with Crippen LogP contribution >= 0.6 is 11.6 Å². The van der Waals surface area contributed by atoms with Crippen LogP contribution in [0.4, 0.5) is 0 Å². The Kier molecular flexibility index (Phi) is 3.51. The van der Waals surface area contributed by atoms with E-state index < -0.39 is 0 Å². The standard InChI is InChI=1S/C10H14ClN3O/c1-15-9-4-5-14(7-9)6-8-2-3-10(11)13-12-8/h2-3,9H,4-7H2,1H3. The molecule has 0 spiro atoms. The van der Waals surface area contributed by atoms with Crippen LogP contribution in [0.25, 0.3) is 0 Å². The van der Waals surface area contributed by atoms with Crippen molar-refractivity contribution in [2.45, 2.75) is 19.1 Å². The first-order valence-corrected chi connectivity index (χ1v) is 5.39. The molecule has 4 nitrogen and oxygen atoms in total. The van der Waals surface area contributed by atoms with Crippen molar-refractivity contribution in [1.29, 1.82) is 0 Å². The summed E-state index contributed by atoms with van der Waals surface area (Å²) in [6, 6.07) is 3.68. The zero-order valence-corrected chi connectivity index (χ0v) is 9.44. The molecular weight excluding hydrogens is 214 g/mol. The van der Waals surface area contributed by atoms with Crippen LogP contribution in [0, 0.1) is 0 Å². The van der Waals surface area contributed by atoms with E-state index in [9.17, 15) is 0 Å². The van der Waals surface area contributed by atoms with Crippen molar-refractivity contribution in [2.75, 3.05) is 20.2 Å². The van der Waals surface area contributed by atoms with Crippen LogP contribution < -0.4 is 0 Å². The molecule has 2 heterocycles. The lowest BCUT2D eigenvalue weighted by molar-refractivity contribution is 0.107. The van der Waals surface area contributed by atoms with Crippen molar-refractivity contribution in [3.8, 4) is 0 Å². The van der Waals surface area contributed by atoms with E-state index in [1.54, 1.807) is 13.2 Å². The highest BCUT2D eigenvalue weighted by Gasteiger charge is 2.22. The summed E-state index contributed by atoms with van der Waals surface area (Å²) in [6.45, 7) is 2.85. The zero-order valence-electron chi connectivity index (χ0n) is 8.69. The fourth-order valence-electron chi connectivity index (χ4n) is 1.79. The van der Waals surface area contributed by atoms with Crippen molar-refractivity contribution in [1.82, 2.24) is 15.1 Å². The molecule has 0 aromatic carbocycles. The molecule has 0 saturated carbocycles. The topological polar surface area (TPSA) is 38.2 Å². The zero-order chi connectivity index (χ0) is 10.7. The van der Waals surface area contributed by atoms with Gasteiger partial charge in [-0.05, 0) is 18.6 Å². The lowest BCUT2D eigenvalue weighted by atomic mass is 10.3. The number of hydrogen-bond donors (Lipinski definition) is 0. The molecule has 1 unspecified atom stereocenters. The number of hydrogen-bond acceptors (Lipinski definition) is 4. The maximum absolute atomic E-state index is 5.67. The number of ether oxygens (including phenoxy) is 1. The van der Waals surface area contributed by atoms with Crippen LogP contribution in [-0.2, 0) is 11.3 Å². The molecule has 0 aliphatic carbocycles. The van der Waals surface area contributed by atoms with Gasteiger partial charge in [0.15, 0.2) is 5.15 Å². The Morgan fingerprint density at radius 1 is 1.53 bits per heavy atom. The predicted molar refractivity (Wildman–Crippen MR) is 57.7 cm³/mol. The SMILES string of the molecule is COC1CCN(Cc2ccc(Cl)nn2)C1. The fourth-order valence-corrected chi connectivity index (χ4v) is 1.89. The maximum atomic E-state index is 5.67. The summed E-state index contributed by atoms with van der Waals surface area (Å²) in [5.41, 5.74) is 0.955. The van der Waals surface area contributed by atoms with E-state index in [0.29, 0.717) is 11.3 Å². The average molecular weight is 228 g/mol. The van der Waals surface area contributed by atoms with Gasteiger partial charge in [0, 0.05) is 26.7 Å². The smallest absolute Gasteiger partial charge is 0.151 e. The summed E-state index contributed by atoms with van der Waals surface area (Å²) in [4.78, 5) is 2.31. The molecule has 15 heavy (non-hydrogen) atoms. The second kappa shape index (κ2) is 4.88. The first-order valence-electron chi connectivity index (χ1n) is 5.01. The Morgan fingerprint density at radius 2 is 2.40 bits per heavy atom. The number of rotatable bonds is 3. The Balaban J connectivity index is 1.90. The quantitative estimate of drug-likeness (QED) is 0.782. The second-order valence-electron chi connectivity index (χ2n) is 3.73. The molecule has 2 rings (SSSR count). The van der Waals surface area contributed by atoms with Crippen molar-refractivity contribution in [3.63, 3.8) is 0 Å². The van der Waals surface area contributed by atoms with E-state index in [4.69, 9.17) is 16.3 Å². The summed E-state index contributed by atoms with van der Waals surface area (Å²) in [6.07, 6.45) is 1.46. The minimum Gasteiger partial charge on any atom is -0.380 e. The second-order valence-corrected chi connectivity index (χ2v) is 4.12. The van der Waals surface area contributed by atoms with E-state index >= 15 is 0 Å². The van der Waals surface area contributed by atoms with Crippen molar-refractivity contribution < 1.29 is 4.74 Å². The molecule has 82 valence electrons. The Labute approximate surface area is 94.2 Å². The summed E-state index contributed by atoms with van der Waals surface area (Å²) in [5.74, 6) is 0. The van der Waals surface area contributed by atoms with E-state index in [1.165, 1.54) is 0 Å². The predicted octanol–water partition coefficient (Wildman–Crippen LogP) is 1.35. The molecule has 0 N–H and O–H groups in total. The van der Waals surface area contributed by atoms with Crippen molar-refractivity contribution >= 4 is 11.6 Å². The van der Waals surface area contributed by atoms with Gasteiger partial charge >= 0.3 is 0 Å². The molecule has 0 bridgehead atoms. The lowest BCUT2D eigenvalue weighted by Crippen LogP contribution is -2.23. The molecule has 5 heteroatoms. The van der Waals surface area contributed by atoms with Crippen LogP contribution in [0.2, 0.25) is 5.15 Å². The van der Waals surface area contributed by atoms with Gasteiger partial charge in [-0.25, -0.2) is 0 Å². The minimum atomic E-state index is 0.366. The van der Waals surface area contributed by atoms with Crippen LogP contribution in [0.1, 0.15) is 12.1 Å². The van der Waals surface area contributed by atoms with E-state index in [-0.39, 0.29) is 0 Å². The number of nitrogens with zero attached hydrogens (tertiary/aromatic N) is 3. The summed E-state index contributed by atoms with van der Waals surface area (Å²) < 4.78 is 5.30. The number of aromatic nitrogens is 2. The first kappa shape index (κ1) is 10.8. The molecule has 1 aliphatic rings. The third-order valence-electron chi connectivity index (χ3n) is 2.64.